The number of alkyl halides is 4. The van der Waals surface area contributed by atoms with E-state index in [1.165, 1.54) is 12.1 Å². The van der Waals surface area contributed by atoms with Gasteiger partial charge in [0, 0.05) is 11.6 Å². The lowest BCUT2D eigenvalue weighted by Crippen LogP contribution is -2.37. The van der Waals surface area contributed by atoms with Gasteiger partial charge in [-0.1, -0.05) is 0 Å². The van der Waals surface area contributed by atoms with Gasteiger partial charge in [0.1, 0.15) is 5.75 Å². The minimum Gasteiger partial charge on any atom is -0.406 e. The van der Waals surface area contributed by atoms with Gasteiger partial charge in [-0.2, -0.15) is 0 Å². The predicted molar refractivity (Wildman–Crippen MR) is 67.9 cm³/mol. The zero-order chi connectivity index (χ0) is 14.8. The third-order valence-corrected chi connectivity index (χ3v) is 3.62. The first-order valence-corrected chi connectivity index (χ1v) is 6.59. The van der Waals surface area contributed by atoms with E-state index >= 15 is 0 Å². The number of carbonyl (C=O) groups excluding carboxylic acids is 1. The van der Waals surface area contributed by atoms with Crippen molar-refractivity contribution < 1.29 is 22.7 Å². The van der Waals surface area contributed by atoms with Crippen molar-refractivity contribution in [3.8, 4) is 5.75 Å². The molecule has 0 bridgehead atoms. The van der Waals surface area contributed by atoms with Crippen molar-refractivity contribution in [3.63, 3.8) is 0 Å². The highest BCUT2D eigenvalue weighted by molar-refractivity contribution is 6.21. The Bertz CT molecular complexity index is 475. The summed E-state index contributed by atoms with van der Waals surface area (Å²) in [4.78, 5) is 11.9. The summed E-state index contributed by atoms with van der Waals surface area (Å²) in [6.45, 7) is 0. The number of carbonyl (C=O) groups is 1. The van der Waals surface area contributed by atoms with Crippen LogP contribution in [0.3, 0.4) is 0 Å². The average molecular weight is 308 g/mol. The number of hydrogen-bond acceptors (Lipinski definition) is 2. The normalized spacial score (nSPS) is 22.6. The van der Waals surface area contributed by atoms with E-state index in [0.29, 0.717) is 0 Å². The number of hydrogen-bond donors (Lipinski definition) is 1. The molecule has 0 radical (unpaired) electrons. The SMILES string of the molecule is O=C(NC1CCCC1Cl)c1ccc(OC(F)(F)F)cc1. The molecular weight excluding hydrogens is 295 g/mol. The van der Waals surface area contributed by atoms with Gasteiger partial charge in [0.05, 0.1) is 5.38 Å². The van der Waals surface area contributed by atoms with Gasteiger partial charge in [-0.05, 0) is 43.5 Å². The molecule has 110 valence electrons. The van der Waals surface area contributed by atoms with Crippen molar-refractivity contribution >= 4 is 17.5 Å². The van der Waals surface area contributed by atoms with E-state index in [0.717, 1.165) is 31.4 Å². The van der Waals surface area contributed by atoms with Crippen LogP contribution in [0, 0.1) is 0 Å². The minimum atomic E-state index is -4.74. The lowest BCUT2D eigenvalue weighted by molar-refractivity contribution is -0.274. The summed E-state index contributed by atoms with van der Waals surface area (Å²) in [7, 11) is 0. The maximum atomic E-state index is 12.0. The van der Waals surface area contributed by atoms with Gasteiger partial charge in [-0.3, -0.25) is 4.79 Å². The van der Waals surface area contributed by atoms with Crippen LogP contribution in [-0.4, -0.2) is 23.7 Å². The van der Waals surface area contributed by atoms with Crippen molar-refractivity contribution in [2.45, 2.75) is 37.0 Å². The Balaban J connectivity index is 1.97. The zero-order valence-electron chi connectivity index (χ0n) is 10.4. The molecule has 0 aromatic heterocycles. The number of rotatable bonds is 3. The lowest BCUT2D eigenvalue weighted by Gasteiger charge is -2.16. The number of nitrogens with one attached hydrogen (secondary N) is 1. The van der Waals surface area contributed by atoms with Crippen molar-refractivity contribution in [3.05, 3.63) is 29.8 Å². The van der Waals surface area contributed by atoms with E-state index in [1.54, 1.807) is 0 Å². The summed E-state index contributed by atoms with van der Waals surface area (Å²) in [6, 6.07) is 4.70. The molecule has 2 rings (SSSR count). The standard InChI is InChI=1S/C13H13ClF3NO2/c14-10-2-1-3-11(10)18-12(19)8-4-6-9(7-5-8)20-13(15,16)17/h4-7,10-11H,1-3H2,(H,18,19). The molecule has 7 heteroatoms. The molecular formula is C13H13ClF3NO2. The molecule has 0 spiro atoms. The number of halogens is 4. The van der Waals surface area contributed by atoms with Crippen LogP contribution in [0.2, 0.25) is 0 Å². The van der Waals surface area contributed by atoms with Gasteiger partial charge in [0.25, 0.3) is 5.91 Å². The van der Waals surface area contributed by atoms with Crippen LogP contribution >= 0.6 is 11.6 Å². The van der Waals surface area contributed by atoms with E-state index in [1.807, 2.05) is 0 Å². The highest BCUT2D eigenvalue weighted by atomic mass is 35.5. The molecule has 20 heavy (non-hydrogen) atoms. The van der Waals surface area contributed by atoms with Gasteiger partial charge >= 0.3 is 6.36 Å². The van der Waals surface area contributed by atoms with Gasteiger partial charge in [0.2, 0.25) is 0 Å². The van der Waals surface area contributed by atoms with Crippen molar-refractivity contribution in [2.75, 3.05) is 0 Å². The zero-order valence-corrected chi connectivity index (χ0v) is 11.2. The van der Waals surface area contributed by atoms with Crippen LogP contribution < -0.4 is 10.1 Å². The second-order valence-electron chi connectivity index (χ2n) is 4.60. The second-order valence-corrected chi connectivity index (χ2v) is 5.16. The van der Waals surface area contributed by atoms with E-state index in [4.69, 9.17) is 11.6 Å². The van der Waals surface area contributed by atoms with E-state index in [-0.39, 0.29) is 28.6 Å². The van der Waals surface area contributed by atoms with Gasteiger partial charge < -0.3 is 10.1 Å². The molecule has 1 N–H and O–H groups in total. The van der Waals surface area contributed by atoms with Crippen LogP contribution in [0.15, 0.2) is 24.3 Å². The predicted octanol–water partition coefficient (Wildman–Crippen LogP) is 3.47. The third-order valence-electron chi connectivity index (χ3n) is 3.10. The Morgan fingerprint density at radius 3 is 2.40 bits per heavy atom. The van der Waals surface area contributed by atoms with Crippen molar-refractivity contribution in [1.82, 2.24) is 5.32 Å². The maximum absolute atomic E-state index is 12.0. The Kier molecular flexibility index (Phi) is 4.42. The fraction of sp³-hybridized carbons (Fsp3) is 0.462. The summed E-state index contributed by atoms with van der Waals surface area (Å²) >= 11 is 6.05. The fourth-order valence-electron chi connectivity index (χ4n) is 2.14. The van der Waals surface area contributed by atoms with Crippen LogP contribution in [0.4, 0.5) is 13.2 Å². The topological polar surface area (TPSA) is 38.3 Å². The summed E-state index contributed by atoms with van der Waals surface area (Å²) < 4.78 is 39.7. The summed E-state index contributed by atoms with van der Waals surface area (Å²) in [5.41, 5.74) is 0.273. The molecule has 1 fully saturated rings. The molecule has 3 nitrogen and oxygen atoms in total. The van der Waals surface area contributed by atoms with E-state index in [2.05, 4.69) is 10.1 Å². The maximum Gasteiger partial charge on any atom is 0.573 e. The molecule has 1 aliphatic rings. The van der Waals surface area contributed by atoms with Gasteiger partial charge in [0.15, 0.2) is 0 Å². The third kappa shape index (κ3) is 4.03. The number of ether oxygens (including phenoxy) is 1. The van der Waals surface area contributed by atoms with Crippen molar-refractivity contribution in [2.24, 2.45) is 0 Å². The van der Waals surface area contributed by atoms with Crippen LogP contribution in [0.25, 0.3) is 0 Å². The first kappa shape index (κ1) is 15.0. The highest BCUT2D eigenvalue weighted by Gasteiger charge is 2.31. The Hall–Kier alpha value is -1.43. The first-order valence-electron chi connectivity index (χ1n) is 6.16. The fourth-order valence-corrected chi connectivity index (χ4v) is 2.48. The molecule has 1 aromatic rings. The van der Waals surface area contributed by atoms with E-state index < -0.39 is 6.36 Å². The van der Waals surface area contributed by atoms with Gasteiger partial charge in [-0.15, -0.1) is 24.8 Å². The molecule has 0 saturated heterocycles. The second kappa shape index (κ2) is 5.91. The minimum absolute atomic E-state index is 0.0877. The number of benzene rings is 1. The average Bonchev–Trinajstić information content (AvgIpc) is 2.74. The Morgan fingerprint density at radius 1 is 1.25 bits per heavy atom. The quantitative estimate of drug-likeness (QED) is 0.868. The van der Waals surface area contributed by atoms with Gasteiger partial charge in [-0.25, -0.2) is 0 Å². The van der Waals surface area contributed by atoms with Crippen molar-refractivity contribution in [1.29, 1.82) is 0 Å². The highest BCUT2D eigenvalue weighted by Crippen LogP contribution is 2.25. The Morgan fingerprint density at radius 2 is 1.90 bits per heavy atom. The summed E-state index contributed by atoms with van der Waals surface area (Å²) in [5.74, 6) is -0.703. The smallest absolute Gasteiger partial charge is 0.406 e. The van der Waals surface area contributed by atoms with Crippen LogP contribution in [-0.2, 0) is 0 Å². The molecule has 2 unspecified atom stereocenters. The largest absolute Gasteiger partial charge is 0.573 e. The summed E-state index contributed by atoms with van der Waals surface area (Å²) in [5, 5.41) is 2.69. The first-order chi connectivity index (χ1) is 9.35. The molecule has 1 aliphatic carbocycles. The molecule has 0 heterocycles. The molecule has 0 aliphatic heterocycles. The number of amides is 1. The Labute approximate surface area is 119 Å². The molecule has 1 amide bonds. The molecule has 1 saturated carbocycles. The van der Waals surface area contributed by atoms with Crippen LogP contribution in [0.1, 0.15) is 29.6 Å². The summed E-state index contributed by atoms with van der Waals surface area (Å²) in [6.07, 6.45) is -2.11. The lowest BCUT2D eigenvalue weighted by atomic mass is 10.1. The molecule has 2 atom stereocenters. The molecule has 1 aromatic carbocycles. The van der Waals surface area contributed by atoms with E-state index in [9.17, 15) is 18.0 Å². The van der Waals surface area contributed by atoms with Crippen LogP contribution in [0.5, 0.6) is 5.75 Å². The monoisotopic (exact) mass is 307 g/mol.